The number of hydrogen-bond acceptors (Lipinski definition) is 4. The summed E-state index contributed by atoms with van der Waals surface area (Å²) in [5.41, 5.74) is 0.975. The van der Waals surface area contributed by atoms with Gasteiger partial charge in [-0.2, -0.15) is 0 Å². The van der Waals surface area contributed by atoms with Gasteiger partial charge in [0.05, 0.1) is 11.6 Å². The van der Waals surface area contributed by atoms with E-state index in [9.17, 15) is 9.90 Å². The molecule has 1 fully saturated rings. The van der Waals surface area contributed by atoms with E-state index in [1.807, 2.05) is 13.0 Å². The molecule has 1 saturated heterocycles. The molecule has 0 radical (unpaired) electrons. The average molecular weight is 399 g/mol. The fourth-order valence-corrected chi connectivity index (χ4v) is 4.02. The van der Waals surface area contributed by atoms with Crippen LogP contribution in [0.2, 0.25) is 0 Å². The standard InChI is InChI=1S/C18H27BrN2O3/c1-4-7-12-10-14(19)17(24-3)15(16(12)22)18(23)20-11-13-8-6-9-21(13)5-2/h10,13,22H,4-9,11H2,1-3H3,(H,20,23)/t13-/m0/s1. The van der Waals surface area contributed by atoms with E-state index in [4.69, 9.17) is 4.74 Å². The van der Waals surface area contributed by atoms with Gasteiger partial charge in [-0.15, -0.1) is 0 Å². The number of methoxy groups -OCH3 is 1. The predicted octanol–water partition coefficient (Wildman–Crippen LogP) is 3.33. The van der Waals surface area contributed by atoms with Crippen molar-refractivity contribution in [2.75, 3.05) is 26.7 Å². The molecule has 2 N–H and O–H groups in total. The lowest BCUT2D eigenvalue weighted by Crippen LogP contribution is -2.40. The molecule has 24 heavy (non-hydrogen) atoms. The third-order valence-corrected chi connectivity index (χ3v) is 5.23. The molecule has 1 aromatic rings. The summed E-state index contributed by atoms with van der Waals surface area (Å²) in [6, 6.07) is 2.19. The maximum Gasteiger partial charge on any atom is 0.258 e. The monoisotopic (exact) mass is 398 g/mol. The van der Waals surface area contributed by atoms with E-state index in [0.29, 0.717) is 29.2 Å². The number of benzene rings is 1. The molecular weight excluding hydrogens is 372 g/mol. The summed E-state index contributed by atoms with van der Waals surface area (Å²) in [4.78, 5) is 15.1. The Balaban J connectivity index is 2.21. The second-order valence-electron chi connectivity index (χ2n) is 6.16. The number of carbonyl (C=O) groups excluding carboxylic acids is 1. The number of hydrogen-bond donors (Lipinski definition) is 2. The number of aromatic hydroxyl groups is 1. The second kappa shape index (κ2) is 8.72. The van der Waals surface area contributed by atoms with Crippen molar-refractivity contribution in [2.24, 2.45) is 0 Å². The number of aryl methyl sites for hydroxylation is 1. The van der Waals surface area contributed by atoms with Gasteiger partial charge in [0.15, 0.2) is 0 Å². The highest BCUT2D eigenvalue weighted by Crippen LogP contribution is 2.38. The first kappa shape index (κ1) is 19.1. The maximum atomic E-state index is 12.7. The number of phenolic OH excluding ortho intramolecular Hbond substituents is 1. The van der Waals surface area contributed by atoms with Crippen LogP contribution in [-0.2, 0) is 6.42 Å². The Morgan fingerprint density at radius 1 is 1.50 bits per heavy atom. The fraction of sp³-hybridized carbons (Fsp3) is 0.611. The number of rotatable bonds is 7. The van der Waals surface area contributed by atoms with E-state index in [0.717, 1.165) is 31.5 Å². The summed E-state index contributed by atoms with van der Waals surface area (Å²) < 4.78 is 6.03. The van der Waals surface area contributed by atoms with E-state index in [1.54, 1.807) is 0 Å². The van der Waals surface area contributed by atoms with E-state index < -0.39 is 0 Å². The number of amides is 1. The summed E-state index contributed by atoms with van der Waals surface area (Å²) in [7, 11) is 1.51. The Kier molecular flexibility index (Phi) is 6.92. The van der Waals surface area contributed by atoms with Crippen LogP contribution in [-0.4, -0.2) is 48.7 Å². The van der Waals surface area contributed by atoms with Crippen LogP contribution >= 0.6 is 15.9 Å². The largest absolute Gasteiger partial charge is 0.507 e. The zero-order chi connectivity index (χ0) is 17.7. The normalized spacial score (nSPS) is 17.9. The van der Waals surface area contributed by atoms with Crippen molar-refractivity contribution in [3.05, 3.63) is 21.7 Å². The number of phenols is 1. The molecule has 0 aromatic heterocycles. The first-order chi connectivity index (χ1) is 11.5. The van der Waals surface area contributed by atoms with Crippen molar-refractivity contribution in [1.82, 2.24) is 10.2 Å². The molecule has 0 bridgehead atoms. The molecule has 0 unspecified atom stereocenters. The summed E-state index contributed by atoms with van der Waals surface area (Å²) in [6.07, 6.45) is 3.86. The van der Waals surface area contributed by atoms with Gasteiger partial charge in [0.2, 0.25) is 0 Å². The van der Waals surface area contributed by atoms with Crippen LogP contribution in [0.1, 0.15) is 49.0 Å². The molecule has 0 spiro atoms. The SMILES string of the molecule is CCCc1cc(Br)c(OC)c(C(=O)NC[C@@H]2CCCN2CC)c1O. The zero-order valence-electron chi connectivity index (χ0n) is 14.7. The van der Waals surface area contributed by atoms with E-state index in [1.165, 1.54) is 13.5 Å². The van der Waals surface area contributed by atoms with Crippen molar-refractivity contribution in [2.45, 2.75) is 45.6 Å². The van der Waals surface area contributed by atoms with Gasteiger partial charge in [-0.1, -0.05) is 20.3 Å². The lowest BCUT2D eigenvalue weighted by molar-refractivity contribution is 0.0935. The third-order valence-electron chi connectivity index (χ3n) is 4.64. The smallest absolute Gasteiger partial charge is 0.258 e. The molecule has 1 aliphatic heterocycles. The molecule has 1 atom stereocenters. The van der Waals surface area contributed by atoms with Crippen molar-refractivity contribution >= 4 is 21.8 Å². The lowest BCUT2D eigenvalue weighted by atomic mass is 10.0. The first-order valence-electron chi connectivity index (χ1n) is 8.63. The number of carbonyl (C=O) groups is 1. The molecule has 1 aliphatic rings. The van der Waals surface area contributed by atoms with Crippen molar-refractivity contribution in [3.8, 4) is 11.5 Å². The van der Waals surface area contributed by atoms with Crippen LogP contribution in [0.25, 0.3) is 0 Å². The average Bonchev–Trinajstić information content (AvgIpc) is 3.03. The highest BCUT2D eigenvalue weighted by atomic mass is 79.9. The molecule has 1 aromatic carbocycles. The first-order valence-corrected chi connectivity index (χ1v) is 9.43. The van der Waals surface area contributed by atoms with Gasteiger partial charge >= 0.3 is 0 Å². The van der Waals surface area contributed by atoms with Crippen LogP contribution in [0.15, 0.2) is 10.5 Å². The van der Waals surface area contributed by atoms with Crippen molar-refractivity contribution in [1.29, 1.82) is 0 Å². The van der Waals surface area contributed by atoms with Crippen molar-refractivity contribution in [3.63, 3.8) is 0 Å². The number of likely N-dealkylation sites (N-methyl/N-ethyl adjacent to an activating group) is 1. The fourth-order valence-electron chi connectivity index (χ4n) is 3.39. The van der Waals surface area contributed by atoms with Gasteiger partial charge in [0, 0.05) is 12.6 Å². The van der Waals surface area contributed by atoms with Gasteiger partial charge < -0.3 is 15.2 Å². The van der Waals surface area contributed by atoms with Crippen LogP contribution in [0.3, 0.4) is 0 Å². The molecular formula is C18H27BrN2O3. The zero-order valence-corrected chi connectivity index (χ0v) is 16.3. The molecule has 5 nitrogen and oxygen atoms in total. The molecule has 134 valence electrons. The highest BCUT2D eigenvalue weighted by Gasteiger charge is 2.26. The minimum atomic E-state index is -0.286. The van der Waals surface area contributed by atoms with E-state index in [-0.39, 0.29) is 17.2 Å². The lowest BCUT2D eigenvalue weighted by Gasteiger charge is -2.23. The highest BCUT2D eigenvalue weighted by molar-refractivity contribution is 9.10. The molecule has 1 heterocycles. The van der Waals surface area contributed by atoms with Gasteiger partial charge in [-0.25, -0.2) is 0 Å². The third kappa shape index (κ3) is 4.03. The maximum absolute atomic E-state index is 12.7. The predicted molar refractivity (Wildman–Crippen MR) is 99.0 cm³/mol. The van der Waals surface area contributed by atoms with E-state index in [2.05, 4.69) is 33.1 Å². The minimum Gasteiger partial charge on any atom is -0.507 e. The summed E-state index contributed by atoms with van der Waals surface area (Å²) in [5.74, 6) is 0.114. The summed E-state index contributed by atoms with van der Waals surface area (Å²) in [5, 5.41) is 13.5. The van der Waals surface area contributed by atoms with Crippen molar-refractivity contribution < 1.29 is 14.6 Å². The molecule has 2 rings (SSSR count). The second-order valence-corrected chi connectivity index (χ2v) is 7.01. The Hall–Kier alpha value is -1.27. The van der Waals surface area contributed by atoms with Crippen LogP contribution in [0.5, 0.6) is 11.5 Å². The number of ether oxygens (including phenoxy) is 1. The van der Waals surface area contributed by atoms with Crippen LogP contribution < -0.4 is 10.1 Å². The Bertz CT molecular complexity index is 592. The number of halogens is 1. The Morgan fingerprint density at radius 3 is 2.88 bits per heavy atom. The Morgan fingerprint density at radius 2 is 2.25 bits per heavy atom. The minimum absolute atomic E-state index is 0.0215. The van der Waals surface area contributed by atoms with Crippen LogP contribution in [0.4, 0.5) is 0 Å². The molecule has 1 amide bonds. The number of nitrogens with one attached hydrogen (secondary N) is 1. The Labute approximate surface area is 152 Å². The van der Waals surface area contributed by atoms with Gasteiger partial charge in [0.1, 0.15) is 17.1 Å². The van der Waals surface area contributed by atoms with Crippen LogP contribution in [0, 0.1) is 0 Å². The topological polar surface area (TPSA) is 61.8 Å². The number of likely N-dealkylation sites (tertiary alicyclic amines) is 1. The van der Waals surface area contributed by atoms with Gasteiger partial charge in [-0.05, 0) is 59.9 Å². The van der Waals surface area contributed by atoms with Gasteiger partial charge in [-0.3, -0.25) is 9.69 Å². The summed E-state index contributed by atoms with van der Waals surface area (Å²) in [6.45, 7) is 6.84. The quantitative estimate of drug-likeness (QED) is 0.739. The molecule has 6 heteroatoms. The van der Waals surface area contributed by atoms with E-state index >= 15 is 0 Å². The summed E-state index contributed by atoms with van der Waals surface area (Å²) >= 11 is 3.44. The molecule has 0 saturated carbocycles. The van der Waals surface area contributed by atoms with Gasteiger partial charge in [0.25, 0.3) is 5.91 Å². The molecule has 0 aliphatic carbocycles. The number of nitrogens with zero attached hydrogens (tertiary/aromatic N) is 1.